The Morgan fingerprint density at radius 2 is 2.31 bits per heavy atom. The van der Waals surface area contributed by atoms with Crippen molar-refractivity contribution in [3.05, 3.63) is 23.9 Å². The average Bonchev–Trinajstić information content (AvgIpc) is 2.29. The molecule has 1 aromatic heterocycles. The van der Waals surface area contributed by atoms with Gasteiger partial charge in [-0.3, -0.25) is 4.79 Å². The van der Waals surface area contributed by atoms with Crippen LogP contribution in [0.1, 0.15) is 43.0 Å². The topological polar surface area (TPSA) is 56.0 Å². The quantitative estimate of drug-likeness (QED) is 0.776. The SMILES string of the molecule is CC1CCCC(C(=O)c2cccnc2N)C1. The second kappa shape index (κ2) is 4.64. The maximum absolute atomic E-state index is 12.2. The van der Waals surface area contributed by atoms with E-state index in [9.17, 15) is 4.79 Å². The van der Waals surface area contributed by atoms with E-state index in [0.717, 1.165) is 19.3 Å². The van der Waals surface area contributed by atoms with Gasteiger partial charge < -0.3 is 5.73 Å². The fraction of sp³-hybridized carbons (Fsp3) is 0.538. The van der Waals surface area contributed by atoms with E-state index in [-0.39, 0.29) is 11.7 Å². The molecule has 0 saturated heterocycles. The summed E-state index contributed by atoms with van der Waals surface area (Å²) in [6.07, 6.45) is 6.00. The van der Waals surface area contributed by atoms with Gasteiger partial charge in [0.2, 0.25) is 0 Å². The summed E-state index contributed by atoms with van der Waals surface area (Å²) in [7, 11) is 0. The molecule has 1 fully saturated rings. The zero-order valence-corrected chi connectivity index (χ0v) is 9.65. The highest BCUT2D eigenvalue weighted by Gasteiger charge is 2.26. The lowest BCUT2D eigenvalue weighted by Gasteiger charge is -2.25. The monoisotopic (exact) mass is 218 g/mol. The van der Waals surface area contributed by atoms with Gasteiger partial charge in [0.1, 0.15) is 5.82 Å². The van der Waals surface area contributed by atoms with Crippen molar-refractivity contribution in [2.45, 2.75) is 32.6 Å². The number of ketones is 1. The van der Waals surface area contributed by atoms with Crippen LogP contribution in [0, 0.1) is 11.8 Å². The Bertz CT molecular complexity index is 389. The Balaban J connectivity index is 2.16. The summed E-state index contributed by atoms with van der Waals surface area (Å²) in [6, 6.07) is 3.56. The molecule has 0 radical (unpaired) electrons. The summed E-state index contributed by atoms with van der Waals surface area (Å²) in [5.41, 5.74) is 6.33. The van der Waals surface area contributed by atoms with Gasteiger partial charge in [-0.2, -0.15) is 0 Å². The number of rotatable bonds is 2. The number of nitrogens with zero attached hydrogens (tertiary/aromatic N) is 1. The van der Waals surface area contributed by atoms with Crippen LogP contribution in [0.5, 0.6) is 0 Å². The van der Waals surface area contributed by atoms with Crippen LogP contribution in [0.4, 0.5) is 5.82 Å². The second-order valence-electron chi connectivity index (χ2n) is 4.77. The molecule has 1 heterocycles. The molecule has 1 aromatic rings. The van der Waals surface area contributed by atoms with Crippen LogP contribution in [0.15, 0.2) is 18.3 Å². The molecule has 16 heavy (non-hydrogen) atoms. The molecule has 1 aliphatic carbocycles. The third-order valence-corrected chi connectivity index (χ3v) is 3.41. The molecule has 0 spiro atoms. The number of hydrogen-bond acceptors (Lipinski definition) is 3. The van der Waals surface area contributed by atoms with Crippen molar-refractivity contribution in [1.29, 1.82) is 0 Å². The summed E-state index contributed by atoms with van der Waals surface area (Å²) in [6.45, 7) is 2.21. The molecule has 2 unspecified atom stereocenters. The summed E-state index contributed by atoms with van der Waals surface area (Å²) in [4.78, 5) is 16.2. The van der Waals surface area contributed by atoms with Crippen LogP contribution in [-0.2, 0) is 0 Å². The van der Waals surface area contributed by atoms with Crippen LogP contribution in [0.2, 0.25) is 0 Å². The van der Waals surface area contributed by atoms with Crippen LogP contribution in [-0.4, -0.2) is 10.8 Å². The fourth-order valence-corrected chi connectivity index (χ4v) is 2.52. The molecule has 1 saturated carbocycles. The normalized spacial score (nSPS) is 25.3. The second-order valence-corrected chi connectivity index (χ2v) is 4.77. The lowest BCUT2D eigenvalue weighted by Crippen LogP contribution is -2.22. The van der Waals surface area contributed by atoms with E-state index in [1.807, 2.05) is 0 Å². The Morgan fingerprint density at radius 1 is 1.50 bits per heavy atom. The van der Waals surface area contributed by atoms with E-state index in [0.29, 0.717) is 17.3 Å². The molecule has 0 aromatic carbocycles. The number of pyridine rings is 1. The van der Waals surface area contributed by atoms with E-state index in [2.05, 4.69) is 11.9 Å². The molecule has 86 valence electrons. The Kier molecular flexibility index (Phi) is 3.22. The summed E-state index contributed by atoms with van der Waals surface area (Å²) >= 11 is 0. The van der Waals surface area contributed by atoms with Crippen molar-refractivity contribution in [2.24, 2.45) is 11.8 Å². The van der Waals surface area contributed by atoms with Gasteiger partial charge in [-0.25, -0.2) is 4.98 Å². The first-order valence-corrected chi connectivity index (χ1v) is 5.93. The highest BCUT2D eigenvalue weighted by molar-refractivity contribution is 6.01. The third-order valence-electron chi connectivity index (χ3n) is 3.41. The van der Waals surface area contributed by atoms with Gasteiger partial charge in [-0.15, -0.1) is 0 Å². The largest absolute Gasteiger partial charge is 0.383 e. The van der Waals surface area contributed by atoms with Gasteiger partial charge in [-0.05, 0) is 30.9 Å². The minimum atomic E-state index is 0.148. The minimum Gasteiger partial charge on any atom is -0.383 e. The van der Waals surface area contributed by atoms with Gasteiger partial charge in [0.15, 0.2) is 5.78 Å². The van der Waals surface area contributed by atoms with Crippen LogP contribution in [0.3, 0.4) is 0 Å². The van der Waals surface area contributed by atoms with Crippen LogP contribution >= 0.6 is 0 Å². The van der Waals surface area contributed by atoms with E-state index in [1.165, 1.54) is 6.42 Å². The third kappa shape index (κ3) is 2.23. The Labute approximate surface area is 96.1 Å². The molecule has 2 atom stereocenters. The number of Topliss-reactive ketones (excluding diaryl/α,β-unsaturated/α-hetero) is 1. The minimum absolute atomic E-state index is 0.148. The number of aromatic nitrogens is 1. The van der Waals surface area contributed by atoms with Gasteiger partial charge in [-0.1, -0.05) is 19.8 Å². The van der Waals surface area contributed by atoms with E-state index in [1.54, 1.807) is 18.3 Å². The lowest BCUT2D eigenvalue weighted by atomic mass is 9.79. The van der Waals surface area contributed by atoms with E-state index >= 15 is 0 Å². The molecule has 0 bridgehead atoms. The molecule has 0 aliphatic heterocycles. The van der Waals surface area contributed by atoms with Crippen LogP contribution in [0.25, 0.3) is 0 Å². The van der Waals surface area contributed by atoms with Gasteiger partial charge in [0, 0.05) is 12.1 Å². The van der Waals surface area contributed by atoms with Crippen molar-refractivity contribution in [3.8, 4) is 0 Å². The van der Waals surface area contributed by atoms with E-state index < -0.39 is 0 Å². The van der Waals surface area contributed by atoms with Crippen molar-refractivity contribution in [2.75, 3.05) is 5.73 Å². The molecule has 2 rings (SSSR count). The van der Waals surface area contributed by atoms with Gasteiger partial charge in [0.25, 0.3) is 0 Å². The zero-order chi connectivity index (χ0) is 11.5. The Hall–Kier alpha value is -1.38. The van der Waals surface area contributed by atoms with Crippen molar-refractivity contribution >= 4 is 11.6 Å². The predicted molar refractivity (Wildman–Crippen MR) is 64.1 cm³/mol. The first-order valence-electron chi connectivity index (χ1n) is 5.93. The molecule has 3 heteroatoms. The number of anilines is 1. The highest BCUT2D eigenvalue weighted by Crippen LogP contribution is 2.31. The average molecular weight is 218 g/mol. The molecule has 0 amide bonds. The van der Waals surface area contributed by atoms with Gasteiger partial charge in [0.05, 0.1) is 5.56 Å². The maximum atomic E-state index is 12.2. The molecule has 2 N–H and O–H groups in total. The van der Waals surface area contributed by atoms with Crippen molar-refractivity contribution in [3.63, 3.8) is 0 Å². The molecule has 3 nitrogen and oxygen atoms in total. The Morgan fingerprint density at radius 3 is 3.00 bits per heavy atom. The zero-order valence-electron chi connectivity index (χ0n) is 9.65. The number of carbonyl (C=O) groups is 1. The van der Waals surface area contributed by atoms with Crippen molar-refractivity contribution in [1.82, 2.24) is 4.98 Å². The first-order chi connectivity index (χ1) is 7.68. The fourth-order valence-electron chi connectivity index (χ4n) is 2.52. The maximum Gasteiger partial charge on any atom is 0.169 e. The molecular formula is C13H18N2O. The predicted octanol–water partition coefficient (Wildman–Crippen LogP) is 2.67. The molecule has 1 aliphatic rings. The molecular weight excluding hydrogens is 200 g/mol. The number of nitrogens with two attached hydrogens (primary N) is 1. The van der Waals surface area contributed by atoms with E-state index in [4.69, 9.17) is 5.73 Å². The van der Waals surface area contributed by atoms with Crippen molar-refractivity contribution < 1.29 is 4.79 Å². The first kappa shape index (κ1) is 11.1. The standard InChI is InChI=1S/C13H18N2O/c1-9-4-2-5-10(8-9)12(16)11-6-3-7-15-13(11)14/h3,6-7,9-10H,2,4-5,8H2,1H3,(H2,14,15). The van der Waals surface area contributed by atoms with Crippen LogP contribution < -0.4 is 5.73 Å². The number of nitrogen functional groups attached to an aromatic ring is 1. The highest BCUT2D eigenvalue weighted by atomic mass is 16.1. The smallest absolute Gasteiger partial charge is 0.169 e. The summed E-state index contributed by atoms with van der Waals surface area (Å²) < 4.78 is 0. The summed E-state index contributed by atoms with van der Waals surface area (Å²) in [5, 5.41) is 0. The van der Waals surface area contributed by atoms with Gasteiger partial charge >= 0.3 is 0 Å². The number of hydrogen-bond donors (Lipinski definition) is 1. The summed E-state index contributed by atoms with van der Waals surface area (Å²) in [5.74, 6) is 1.35. The number of carbonyl (C=O) groups excluding carboxylic acids is 1. The lowest BCUT2D eigenvalue weighted by molar-refractivity contribution is 0.0869.